The Morgan fingerprint density at radius 1 is 1.00 bits per heavy atom. The number of morpholine rings is 1. The third-order valence-electron chi connectivity index (χ3n) is 6.28. The molecule has 2 heterocycles. The summed E-state index contributed by atoms with van der Waals surface area (Å²) in [5, 5.41) is 1.10. The predicted molar refractivity (Wildman–Crippen MR) is 124 cm³/mol. The highest BCUT2D eigenvalue weighted by Crippen LogP contribution is 2.41. The minimum absolute atomic E-state index is 0.0669. The summed E-state index contributed by atoms with van der Waals surface area (Å²) in [6.07, 6.45) is 1.21. The monoisotopic (exact) mass is 462 g/mol. The lowest BCUT2D eigenvalue weighted by molar-refractivity contribution is -0.140. The van der Waals surface area contributed by atoms with Gasteiger partial charge < -0.3 is 19.3 Å². The molecule has 2 saturated heterocycles. The molecule has 31 heavy (non-hydrogen) atoms. The van der Waals surface area contributed by atoms with Gasteiger partial charge in [0.25, 0.3) is 0 Å². The van der Waals surface area contributed by atoms with Gasteiger partial charge in [0.15, 0.2) is 0 Å². The number of anilines is 1. The van der Waals surface area contributed by atoms with Gasteiger partial charge in [0, 0.05) is 55.6 Å². The summed E-state index contributed by atoms with van der Waals surface area (Å²) in [6.45, 7) is 4.94. The summed E-state index contributed by atoms with van der Waals surface area (Å²) in [5.41, 5.74) is 2.43. The standard InChI is InChI=1S/C24H28Cl2N2O3/c1-27(17-18-2-5-20(6-3-18)28-10-14-31-15-11-28)23(29)24(8-12-30-13-9-24)21-7-4-19(25)16-22(21)26/h2-7,16H,8-15,17H2,1H3. The average Bonchev–Trinajstić information content (AvgIpc) is 2.80. The molecule has 1 amide bonds. The maximum atomic E-state index is 13.7. The molecule has 7 heteroatoms. The number of halogens is 2. The highest BCUT2D eigenvalue weighted by Gasteiger charge is 2.44. The van der Waals surface area contributed by atoms with Crippen molar-refractivity contribution in [1.29, 1.82) is 0 Å². The first-order valence-electron chi connectivity index (χ1n) is 10.7. The third kappa shape index (κ3) is 4.85. The zero-order chi connectivity index (χ0) is 21.8. The third-order valence-corrected chi connectivity index (χ3v) is 6.83. The first kappa shape index (κ1) is 22.4. The van der Waals surface area contributed by atoms with Gasteiger partial charge in [-0.3, -0.25) is 4.79 Å². The van der Waals surface area contributed by atoms with Crippen LogP contribution in [0.25, 0.3) is 0 Å². The molecule has 2 aromatic carbocycles. The summed E-state index contributed by atoms with van der Waals surface area (Å²) in [4.78, 5) is 17.9. The van der Waals surface area contributed by atoms with E-state index in [9.17, 15) is 4.79 Å². The van der Waals surface area contributed by atoms with Gasteiger partial charge in [-0.15, -0.1) is 0 Å². The second-order valence-corrected chi connectivity index (χ2v) is 9.09. The Morgan fingerprint density at radius 3 is 2.29 bits per heavy atom. The molecule has 0 aliphatic carbocycles. The predicted octanol–water partition coefficient (Wildman–Crippen LogP) is 4.54. The van der Waals surface area contributed by atoms with Crippen molar-refractivity contribution in [2.75, 3.05) is 51.5 Å². The van der Waals surface area contributed by atoms with Crippen LogP contribution in [-0.4, -0.2) is 57.4 Å². The fourth-order valence-corrected chi connectivity index (χ4v) is 5.13. The van der Waals surface area contributed by atoms with Crippen molar-refractivity contribution in [3.8, 4) is 0 Å². The second-order valence-electron chi connectivity index (χ2n) is 8.25. The SMILES string of the molecule is CN(Cc1ccc(N2CCOCC2)cc1)C(=O)C1(c2ccc(Cl)cc2Cl)CCOCC1. The van der Waals surface area contributed by atoms with Gasteiger partial charge in [-0.05, 0) is 48.2 Å². The highest BCUT2D eigenvalue weighted by atomic mass is 35.5. The van der Waals surface area contributed by atoms with E-state index in [0.29, 0.717) is 42.6 Å². The fourth-order valence-electron chi connectivity index (χ4n) is 4.54. The average molecular weight is 463 g/mol. The number of rotatable bonds is 5. The minimum Gasteiger partial charge on any atom is -0.381 e. The van der Waals surface area contributed by atoms with Gasteiger partial charge in [0.1, 0.15) is 0 Å². The van der Waals surface area contributed by atoms with Crippen LogP contribution in [0.15, 0.2) is 42.5 Å². The summed E-state index contributed by atoms with van der Waals surface area (Å²) in [6, 6.07) is 13.9. The van der Waals surface area contributed by atoms with Crippen LogP contribution in [0.2, 0.25) is 10.0 Å². The van der Waals surface area contributed by atoms with Gasteiger partial charge in [-0.2, -0.15) is 0 Å². The van der Waals surface area contributed by atoms with Crippen LogP contribution in [0.3, 0.4) is 0 Å². The van der Waals surface area contributed by atoms with Crippen molar-refractivity contribution in [2.24, 2.45) is 0 Å². The molecule has 0 spiro atoms. The van der Waals surface area contributed by atoms with E-state index < -0.39 is 5.41 Å². The Morgan fingerprint density at radius 2 is 1.65 bits per heavy atom. The lowest BCUT2D eigenvalue weighted by Gasteiger charge is -2.39. The van der Waals surface area contributed by atoms with Gasteiger partial charge >= 0.3 is 0 Å². The van der Waals surface area contributed by atoms with E-state index in [1.807, 2.05) is 13.1 Å². The van der Waals surface area contributed by atoms with Crippen molar-refractivity contribution in [1.82, 2.24) is 4.90 Å². The molecule has 0 bridgehead atoms. The van der Waals surface area contributed by atoms with Crippen LogP contribution in [0.1, 0.15) is 24.0 Å². The maximum Gasteiger partial charge on any atom is 0.233 e. The van der Waals surface area contributed by atoms with Crippen LogP contribution in [0, 0.1) is 0 Å². The molecular weight excluding hydrogens is 435 g/mol. The van der Waals surface area contributed by atoms with E-state index >= 15 is 0 Å². The zero-order valence-electron chi connectivity index (χ0n) is 17.8. The largest absolute Gasteiger partial charge is 0.381 e. The number of amides is 1. The summed E-state index contributed by atoms with van der Waals surface area (Å²) >= 11 is 12.6. The lowest BCUT2D eigenvalue weighted by Crippen LogP contribution is -2.48. The van der Waals surface area contributed by atoms with Crippen molar-refractivity contribution in [3.63, 3.8) is 0 Å². The molecule has 2 aliphatic heterocycles. The van der Waals surface area contributed by atoms with Crippen molar-refractivity contribution in [3.05, 3.63) is 63.6 Å². The highest BCUT2D eigenvalue weighted by molar-refractivity contribution is 6.35. The number of carbonyl (C=O) groups is 1. The first-order chi connectivity index (χ1) is 15.0. The number of likely N-dealkylation sites (N-methyl/N-ethyl adjacent to an activating group) is 1. The molecule has 0 N–H and O–H groups in total. The smallest absolute Gasteiger partial charge is 0.233 e. The van der Waals surface area contributed by atoms with Crippen molar-refractivity contribution in [2.45, 2.75) is 24.8 Å². The topological polar surface area (TPSA) is 42.0 Å². The molecule has 166 valence electrons. The number of benzene rings is 2. The van der Waals surface area contributed by atoms with Crippen LogP contribution in [0.5, 0.6) is 0 Å². The first-order valence-corrected chi connectivity index (χ1v) is 11.5. The molecule has 0 aromatic heterocycles. The fraction of sp³-hybridized carbons (Fsp3) is 0.458. The van der Waals surface area contributed by atoms with Gasteiger partial charge in [0.05, 0.1) is 18.6 Å². The van der Waals surface area contributed by atoms with Crippen molar-refractivity contribution < 1.29 is 14.3 Å². The Bertz CT molecular complexity index is 908. The Hall–Kier alpha value is -1.79. The van der Waals surface area contributed by atoms with Gasteiger partial charge in [-0.25, -0.2) is 0 Å². The molecule has 2 fully saturated rings. The van der Waals surface area contributed by atoms with E-state index in [1.54, 1.807) is 17.0 Å². The molecule has 0 atom stereocenters. The van der Waals surface area contributed by atoms with E-state index in [-0.39, 0.29) is 5.91 Å². The Labute approximate surface area is 193 Å². The van der Waals surface area contributed by atoms with Crippen LogP contribution >= 0.6 is 23.2 Å². The van der Waals surface area contributed by atoms with Crippen molar-refractivity contribution >= 4 is 34.8 Å². The molecule has 0 unspecified atom stereocenters. The van der Waals surface area contributed by atoms with Crippen LogP contribution in [0.4, 0.5) is 5.69 Å². The number of hydrogen-bond donors (Lipinski definition) is 0. The molecule has 0 saturated carbocycles. The lowest BCUT2D eigenvalue weighted by atomic mass is 9.73. The molecular formula is C24H28Cl2N2O3. The molecule has 2 aromatic rings. The van der Waals surface area contributed by atoms with E-state index in [0.717, 1.165) is 37.4 Å². The molecule has 5 nitrogen and oxygen atoms in total. The maximum absolute atomic E-state index is 13.7. The van der Waals surface area contributed by atoms with Crippen LogP contribution < -0.4 is 4.90 Å². The van der Waals surface area contributed by atoms with E-state index in [1.165, 1.54) is 5.69 Å². The second kappa shape index (κ2) is 9.78. The number of nitrogens with zero attached hydrogens (tertiary/aromatic N) is 2. The zero-order valence-corrected chi connectivity index (χ0v) is 19.3. The van der Waals surface area contributed by atoms with E-state index in [2.05, 4.69) is 29.2 Å². The quantitative estimate of drug-likeness (QED) is 0.653. The summed E-state index contributed by atoms with van der Waals surface area (Å²) in [7, 11) is 1.86. The summed E-state index contributed by atoms with van der Waals surface area (Å²) < 4.78 is 11.0. The molecule has 2 aliphatic rings. The number of carbonyl (C=O) groups excluding carboxylic acids is 1. The molecule has 0 radical (unpaired) electrons. The number of hydrogen-bond acceptors (Lipinski definition) is 4. The Balaban J connectivity index is 1.52. The number of ether oxygens (including phenoxy) is 2. The van der Waals surface area contributed by atoms with Crippen LogP contribution in [-0.2, 0) is 26.2 Å². The normalized spacial score (nSPS) is 18.6. The summed E-state index contributed by atoms with van der Waals surface area (Å²) in [5.74, 6) is 0.0669. The Kier molecular flexibility index (Phi) is 7.07. The van der Waals surface area contributed by atoms with Gasteiger partial charge in [-0.1, -0.05) is 41.4 Å². The van der Waals surface area contributed by atoms with E-state index in [4.69, 9.17) is 32.7 Å². The minimum atomic E-state index is -0.692. The molecule has 4 rings (SSSR count). The van der Waals surface area contributed by atoms with Gasteiger partial charge in [0.2, 0.25) is 5.91 Å².